The molecular formula is C12H14BrClO2. The topological polar surface area (TPSA) is 18.5 Å². The first-order valence-corrected chi connectivity index (χ1v) is 6.50. The van der Waals surface area contributed by atoms with E-state index in [1.807, 2.05) is 18.2 Å². The summed E-state index contributed by atoms with van der Waals surface area (Å²) in [6.07, 6.45) is 3.58. The molecule has 1 aliphatic rings. The van der Waals surface area contributed by atoms with E-state index in [0.29, 0.717) is 11.1 Å². The third kappa shape index (κ3) is 2.90. The maximum atomic E-state index is 6.07. The Morgan fingerprint density at radius 1 is 1.31 bits per heavy atom. The fraction of sp³-hybridized carbons (Fsp3) is 0.500. The highest BCUT2D eigenvalue weighted by molar-refractivity contribution is 9.10. The lowest BCUT2D eigenvalue weighted by Crippen LogP contribution is -2.14. The van der Waals surface area contributed by atoms with Crippen molar-refractivity contribution in [1.82, 2.24) is 0 Å². The maximum absolute atomic E-state index is 6.07. The van der Waals surface area contributed by atoms with Crippen LogP contribution in [0.4, 0.5) is 0 Å². The Labute approximate surface area is 109 Å². The average molecular weight is 306 g/mol. The molecule has 1 aliphatic carbocycles. The van der Waals surface area contributed by atoms with Crippen molar-refractivity contribution in [3.05, 3.63) is 27.7 Å². The monoisotopic (exact) mass is 304 g/mol. The van der Waals surface area contributed by atoms with Crippen molar-refractivity contribution < 1.29 is 9.47 Å². The Morgan fingerprint density at radius 3 is 2.75 bits per heavy atom. The summed E-state index contributed by atoms with van der Waals surface area (Å²) in [5.74, 6) is 0.748. The van der Waals surface area contributed by atoms with Gasteiger partial charge >= 0.3 is 0 Å². The van der Waals surface area contributed by atoms with Gasteiger partial charge in [-0.05, 0) is 31.0 Å². The highest BCUT2D eigenvalue weighted by atomic mass is 79.9. The van der Waals surface area contributed by atoms with E-state index in [-0.39, 0.29) is 6.10 Å². The van der Waals surface area contributed by atoms with Gasteiger partial charge in [0.2, 0.25) is 0 Å². The van der Waals surface area contributed by atoms with Crippen LogP contribution in [-0.4, -0.2) is 19.3 Å². The molecule has 4 heteroatoms. The highest BCUT2D eigenvalue weighted by Gasteiger charge is 2.26. The van der Waals surface area contributed by atoms with Crippen molar-refractivity contribution in [2.45, 2.75) is 31.5 Å². The fourth-order valence-corrected chi connectivity index (χ4v) is 2.47. The zero-order valence-corrected chi connectivity index (χ0v) is 11.4. The zero-order valence-electron chi connectivity index (χ0n) is 9.08. The summed E-state index contributed by atoms with van der Waals surface area (Å²) in [7, 11) is 1.75. The third-order valence-corrected chi connectivity index (χ3v) is 3.66. The lowest BCUT2D eigenvalue weighted by molar-refractivity contribution is 0.0947. The molecule has 1 saturated carbocycles. The van der Waals surface area contributed by atoms with Crippen LogP contribution < -0.4 is 4.74 Å². The molecule has 2 rings (SSSR count). The van der Waals surface area contributed by atoms with Crippen molar-refractivity contribution in [2.75, 3.05) is 7.11 Å². The van der Waals surface area contributed by atoms with E-state index in [1.165, 1.54) is 0 Å². The number of rotatable bonds is 3. The van der Waals surface area contributed by atoms with Crippen molar-refractivity contribution in [3.8, 4) is 5.75 Å². The van der Waals surface area contributed by atoms with Gasteiger partial charge in [-0.2, -0.15) is 0 Å². The van der Waals surface area contributed by atoms with Gasteiger partial charge in [-0.15, -0.1) is 0 Å². The standard InChI is InChI=1S/C12H14BrClO2/c1-15-9-3-4-10(7-9)16-12-6-8(13)2-5-11(12)14/h2,5-6,9-10H,3-4,7H2,1H3. The molecule has 0 amide bonds. The van der Waals surface area contributed by atoms with Crippen molar-refractivity contribution in [3.63, 3.8) is 0 Å². The molecule has 0 saturated heterocycles. The maximum Gasteiger partial charge on any atom is 0.139 e. The van der Waals surface area contributed by atoms with E-state index in [9.17, 15) is 0 Å². The summed E-state index contributed by atoms with van der Waals surface area (Å²) in [4.78, 5) is 0. The molecule has 0 heterocycles. The Balaban J connectivity index is 2.01. The summed E-state index contributed by atoms with van der Waals surface area (Å²) in [6.45, 7) is 0. The second-order valence-corrected chi connectivity index (χ2v) is 5.31. The Hall–Kier alpha value is -0.250. The van der Waals surface area contributed by atoms with Crippen LogP contribution in [0.25, 0.3) is 0 Å². The van der Waals surface area contributed by atoms with Crippen LogP contribution in [0.2, 0.25) is 5.02 Å². The first-order valence-electron chi connectivity index (χ1n) is 5.33. The van der Waals surface area contributed by atoms with E-state index >= 15 is 0 Å². The van der Waals surface area contributed by atoms with E-state index in [4.69, 9.17) is 21.1 Å². The molecule has 0 radical (unpaired) electrons. The normalized spacial score (nSPS) is 24.7. The molecule has 1 aromatic rings. The average Bonchev–Trinajstić information content (AvgIpc) is 2.71. The van der Waals surface area contributed by atoms with Crippen LogP contribution in [0.1, 0.15) is 19.3 Å². The van der Waals surface area contributed by atoms with E-state index < -0.39 is 0 Å². The van der Waals surface area contributed by atoms with Crippen molar-refractivity contribution >= 4 is 27.5 Å². The largest absolute Gasteiger partial charge is 0.489 e. The summed E-state index contributed by atoms with van der Waals surface area (Å²) < 4.78 is 12.2. The molecule has 1 fully saturated rings. The number of halogens is 2. The molecule has 2 atom stereocenters. The van der Waals surface area contributed by atoms with Gasteiger partial charge in [0.25, 0.3) is 0 Å². The summed E-state index contributed by atoms with van der Waals surface area (Å²) in [6, 6.07) is 5.65. The first kappa shape index (κ1) is 12.2. The van der Waals surface area contributed by atoms with E-state index in [2.05, 4.69) is 15.9 Å². The van der Waals surface area contributed by atoms with Crippen LogP contribution in [0.3, 0.4) is 0 Å². The van der Waals surface area contributed by atoms with Crippen LogP contribution >= 0.6 is 27.5 Å². The van der Waals surface area contributed by atoms with Gasteiger partial charge in [0, 0.05) is 18.0 Å². The van der Waals surface area contributed by atoms with Crippen molar-refractivity contribution in [1.29, 1.82) is 0 Å². The van der Waals surface area contributed by atoms with E-state index in [1.54, 1.807) is 7.11 Å². The number of ether oxygens (including phenoxy) is 2. The Kier molecular flexibility index (Phi) is 4.11. The molecule has 0 bridgehead atoms. The smallest absolute Gasteiger partial charge is 0.139 e. The minimum Gasteiger partial charge on any atom is -0.489 e. The minimum atomic E-state index is 0.219. The van der Waals surface area contributed by atoms with Crippen LogP contribution in [0.5, 0.6) is 5.75 Å². The lowest BCUT2D eigenvalue weighted by Gasteiger charge is -2.15. The van der Waals surface area contributed by atoms with Gasteiger partial charge in [0.1, 0.15) is 11.9 Å². The van der Waals surface area contributed by atoms with Gasteiger partial charge < -0.3 is 9.47 Å². The quantitative estimate of drug-likeness (QED) is 0.839. The van der Waals surface area contributed by atoms with Gasteiger partial charge in [0.05, 0.1) is 11.1 Å². The van der Waals surface area contributed by atoms with Gasteiger partial charge in [-0.3, -0.25) is 0 Å². The van der Waals surface area contributed by atoms with Crippen LogP contribution in [0, 0.1) is 0 Å². The third-order valence-electron chi connectivity index (χ3n) is 2.86. The fourth-order valence-electron chi connectivity index (χ4n) is 1.97. The van der Waals surface area contributed by atoms with Crippen LogP contribution in [0.15, 0.2) is 22.7 Å². The molecule has 0 aliphatic heterocycles. The van der Waals surface area contributed by atoms with Crippen molar-refractivity contribution in [2.24, 2.45) is 0 Å². The summed E-state index contributed by atoms with van der Waals surface area (Å²) >= 11 is 9.48. The Bertz CT molecular complexity index is 370. The van der Waals surface area contributed by atoms with Crippen LogP contribution in [-0.2, 0) is 4.74 Å². The minimum absolute atomic E-state index is 0.219. The second-order valence-electron chi connectivity index (χ2n) is 3.99. The van der Waals surface area contributed by atoms with Gasteiger partial charge in [-0.25, -0.2) is 0 Å². The molecule has 0 aromatic heterocycles. The molecule has 1 aromatic carbocycles. The predicted octanol–water partition coefficient (Wildman–Crippen LogP) is 4.05. The number of benzene rings is 1. The molecule has 2 nitrogen and oxygen atoms in total. The number of methoxy groups -OCH3 is 1. The van der Waals surface area contributed by atoms with E-state index in [0.717, 1.165) is 29.5 Å². The number of hydrogen-bond acceptors (Lipinski definition) is 2. The molecule has 16 heavy (non-hydrogen) atoms. The second kappa shape index (κ2) is 5.39. The first-order chi connectivity index (χ1) is 7.69. The Morgan fingerprint density at radius 2 is 2.06 bits per heavy atom. The lowest BCUT2D eigenvalue weighted by atomic mass is 10.3. The molecular weight excluding hydrogens is 291 g/mol. The number of hydrogen-bond donors (Lipinski definition) is 0. The highest BCUT2D eigenvalue weighted by Crippen LogP contribution is 2.32. The summed E-state index contributed by atoms with van der Waals surface area (Å²) in [5, 5.41) is 0.657. The predicted molar refractivity (Wildman–Crippen MR) is 68.2 cm³/mol. The van der Waals surface area contributed by atoms with Gasteiger partial charge in [-0.1, -0.05) is 27.5 Å². The van der Waals surface area contributed by atoms with Gasteiger partial charge in [0.15, 0.2) is 0 Å². The molecule has 0 N–H and O–H groups in total. The SMILES string of the molecule is COC1CCC(Oc2cc(Br)ccc2Cl)C1. The summed E-state index contributed by atoms with van der Waals surface area (Å²) in [5.41, 5.74) is 0. The zero-order chi connectivity index (χ0) is 11.5. The molecule has 0 spiro atoms. The molecule has 2 unspecified atom stereocenters. The molecule has 88 valence electrons.